The van der Waals surface area contributed by atoms with Crippen LogP contribution < -0.4 is 10.6 Å². The average molecular weight is 267 g/mol. The topological polar surface area (TPSA) is 54.0 Å². The first-order chi connectivity index (χ1) is 8.63. The van der Waals surface area contributed by atoms with E-state index in [0.717, 1.165) is 18.5 Å². The van der Waals surface area contributed by atoms with Crippen LogP contribution in [-0.2, 0) is 4.79 Å². The van der Waals surface area contributed by atoms with Crippen molar-refractivity contribution < 1.29 is 4.79 Å². The Hall–Kier alpha value is -0.940. The highest BCUT2D eigenvalue weighted by Crippen LogP contribution is 2.31. The van der Waals surface area contributed by atoms with Crippen molar-refractivity contribution in [3.8, 4) is 0 Å². The number of thiazole rings is 1. The van der Waals surface area contributed by atoms with Crippen molar-refractivity contribution in [1.29, 1.82) is 0 Å². The quantitative estimate of drug-likeness (QED) is 0.882. The van der Waals surface area contributed by atoms with Crippen LogP contribution in [0.1, 0.15) is 44.2 Å². The van der Waals surface area contributed by atoms with E-state index in [-0.39, 0.29) is 11.4 Å². The first-order valence-electron chi connectivity index (χ1n) is 6.54. The van der Waals surface area contributed by atoms with Crippen LogP contribution in [0.25, 0.3) is 0 Å². The van der Waals surface area contributed by atoms with Gasteiger partial charge in [-0.15, -0.1) is 11.3 Å². The van der Waals surface area contributed by atoms with E-state index in [1.54, 1.807) is 0 Å². The lowest BCUT2D eigenvalue weighted by Crippen LogP contribution is -2.47. The van der Waals surface area contributed by atoms with Gasteiger partial charge in [-0.1, -0.05) is 19.3 Å². The molecule has 4 nitrogen and oxygen atoms in total. The summed E-state index contributed by atoms with van der Waals surface area (Å²) in [5, 5.41) is 8.92. The van der Waals surface area contributed by atoms with Crippen LogP contribution in [-0.4, -0.2) is 23.5 Å². The van der Waals surface area contributed by atoms with Gasteiger partial charge in [0.25, 0.3) is 0 Å². The summed E-state index contributed by atoms with van der Waals surface area (Å²) in [7, 11) is 1.96. The molecule has 1 heterocycles. The van der Waals surface area contributed by atoms with Gasteiger partial charge in [0.1, 0.15) is 0 Å². The fraction of sp³-hybridized carbons (Fsp3) is 0.692. The van der Waals surface area contributed by atoms with Gasteiger partial charge in [0.05, 0.1) is 5.69 Å². The number of amides is 1. The van der Waals surface area contributed by atoms with Crippen molar-refractivity contribution >= 4 is 22.4 Å². The fourth-order valence-electron chi connectivity index (χ4n) is 2.63. The number of nitrogens with one attached hydrogen (secondary N) is 2. The Bertz CT molecular complexity index is 410. The molecule has 0 unspecified atom stereocenters. The number of nitrogens with zero attached hydrogens (tertiary/aromatic N) is 1. The molecule has 2 N–H and O–H groups in total. The van der Waals surface area contributed by atoms with E-state index in [0.29, 0.717) is 11.6 Å². The zero-order valence-electron chi connectivity index (χ0n) is 11.1. The summed E-state index contributed by atoms with van der Waals surface area (Å²) in [6, 6.07) is 0. The molecule has 0 spiro atoms. The van der Waals surface area contributed by atoms with Gasteiger partial charge in [-0.05, 0) is 26.8 Å². The van der Waals surface area contributed by atoms with Crippen LogP contribution in [0.5, 0.6) is 0 Å². The van der Waals surface area contributed by atoms with Gasteiger partial charge >= 0.3 is 0 Å². The van der Waals surface area contributed by atoms with Crippen LogP contribution in [0.2, 0.25) is 0 Å². The zero-order chi connectivity index (χ0) is 13.0. The number of carbonyl (C=O) groups excluding carboxylic acids is 1. The first kappa shape index (κ1) is 13.5. The smallest absolute Gasteiger partial charge is 0.228 e. The largest absolute Gasteiger partial charge is 0.314 e. The fourth-order valence-corrected chi connectivity index (χ4v) is 3.33. The normalized spacial score (nSPS) is 18.6. The van der Waals surface area contributed by atoms with E-state index in [9.17, 15) is 4.79 Å². The molecule has 1 aliphatic rings. The second kappa shape index (κ2) is 5.80. The summed E-state index contributed by atoms with van der Waals surface area (Å²) < 4.78 is 0. The third-order valence-electron chi connectivity index (χ3n) is 3.71. The van der Waals surface area contributed by atoms with E-state index in [4.69, 9.17) is 0 Å². The van der Waals surface area contributed by atoms with Crippen molar-refractivity contribution in [1.82, 2.24) is 10.3 Å². The van der Waals surface area contributed by atoms with Crippen molar-refractivity contribution in [2.24, 2.45) is 0 Å². The number of carbonyl (C=O) groups is 1. The Morgan fingerprint density at radius 1 is 1.44 bits per heavy atom. The lowest BCUT2D eigenvalue weighted by atomic mass is 9.79. The maximum Gasteiger partial charge on any atom is 0.228 e. The molecule has 18 heavy (non-hydrogen) atoms. The summed E-state index contributed by atoms with van der Waals surface area (Å²) in [6.45, 7) is 1.93. The summed E-state index contributed by atoms with van der Waals surface area (Å²) in [4.78, 5) is 16.3. The Labute approximate surface area is 112 Å². The first-order valence-corrected chi connectivity index (χ1v) is 7.42. The SMILES string of the molecule is CNC1(CC(=O)Nc2nc(C)cs2)CCCCC1. The van der Waals surface area contributed by atoms with Crippen LogP contribution in [0.15, 0.2) is 5.38 Å². The standard InChI is InChI=1S/C13H21N3OS/c1-10-9-18-12(15-10)16-11(17)8-13(14-2)6-4-3-5-7-13/h9,14H,3-8H2,1-2H3,(H,15,16,17). The molecular weight excluding hydrogens is 246 g/mol. The molecule has 0 radical (unpaired) electrons. The van der Waals surface area contributed by atoms with Crippen molar-refractivity contribution in [3.05, 3.63) is 11.1 Å². The zero-order valence-corrected chi connectivity index (χ0v) is 11.9. The van der Waals surface area contributed by atoms with Gasteiger partial charge < -0.3 is 10.6 Å². The van der Waals surface area contributed by atoms with Gasteiger partial charge in [0, 0.05) is 17.3 Å². The number of anilines is 1. The van der Waals surface area contributed by atoms with E-state index < -0.39 is 0 Å². The number of aromatic nitrogens is 1. The minimum Gasteiger partial charge on any atom is -0.314 e. The number of aryl methyl sites for hydroxylation is 1. The molecule has 0 atom stereocenters. The van der Waals surface area contributed by atoms with Crippen LogP contribution in [0.4, 0.5) is 5.13 Å². The second-order valence-corrected chi connectivity index (χ2v) is 5.97. The third-order valence-corrected chi connectivity index (χ3v) is 4.58. The van der Waals surface area contributed by atoms with E-state index >= 15 is 0 Å². The molecule has 1 aliphatic carbocycles. The van der Waals surface area contributed by atoms with Crippen LogP contribution in [0, 0.1) is 6.92 Å². The molecule has 1 amide bonds. The average Bonchev–Trinajstić information content (AvgIpc) is 2.75. The Morgan fingerprint density at radius 2 is 2.17 bits per heavy atom. The number of hydrogen-bond donors (Lipinski definition) is 2. The highest BCUT2D eigenvalue weighted by atomic mass is 32.1. The van der Waals surface area contributed by atoms with Crippen molar-refractivity contribution in [3.63, 3.8) is 0 Å². The van der Waals surface area contributed by atoms with Crippen molar-refractivity contribution in [2.45, 2.75) is 51.0 Å². The molecule has 0 aliphatic heterocycles. The van der Waals surface area contributed by atoms with Gasteiger partial charge in [-0.3, -0.25) is 4.79 Å². The molecule has 0 aromatic carbocycles. The van der Waals surface area contributed by atoms with E-state index in [2.05, 4.69) is 15.6 Å². The Balaban J connectivity index is 1.93. The number of hydrogen-bond acceptors (Lipinski definition) is 4. The molecule has 1 fully saturated rings. The molecule has 0 bridgehead atoms. The predicted molar refractivity (Wildman–Crippen MR) is 75.0 cm³/mol. The summed E-state index contributed by atoms with van der Waals surface area (Å²) in [6.07, 6.45) is 6.44. The lowest BCUT2D eigenvalue weighted by molar-refractivity contribution is -0.117. The van der Waals surface area contributed by atoms with Gasteiger partial charge in [-0.2, -0.15) is 0 Å². The summed E-state index contributed by atoms with van der Waals surface area (Å²) >= 11 is 1.48. The van der Waals surface area contributed by atoms with Gasteiger partial charge in [0.15, 0.2) is 5.13 Å². The monoisotopic (exact) mass is 267 g/mol. The molecule has 0 saturated heterocycles. The van der Waals surface area contributed by atoms with Gasteiger partial charge in [0.2, 0.25) is 5.91 Å². The van der Waals surface area contributed by atoms with Gasteiger partial charge in [-0.25, -0.2) is 4.98 Å². The molecule has 1 saturated carbocycles. The minimum atomic E-state index is -0.00532. The highest BCUT2D eigenvalue weighted by Gasteiger charge is 2.32. The highest BCUT2D eigenvalue weighted by molar-refractivity contribution is 7.13. The maximum atomic E-state index is 12.1. The molecular formula is C13H21N3OS. The number of rotatable bonds is 4. The molecule has 2 rings (SSSR count). The van der Waals surface area contributed by atoms with Crippen LogP contribution >= 0.6 is 11.3 Å². The molecule has 5 heteroatoms. The van der Waals surface area contributed by atoms with Crippen LogP contribution in [0.3, 0.4) is 0 Å². The maximum absolute atomic E-state index is 12.1. The minimum absolute atomic E-state index is 0.00532. The van der Waals surface area contributed by atoms with E-state index in [1.165, 1.54) is 30.6 Å². The van der Waals surface area contributed by atoms with Crippen molar-refractivity contribution in [2.75, 3.05) is 12.4 Å². The molecule has 1 aromatic rings. The lowest BCUT2D eigenvalue weighted by Gasteiger charge is -2.36. The predicted octanol–water partition coefficient (Wildman–Crippen LogP) is 2.70. The molecule has 1 aromatic heterocycles. The Morgan fingerprint density at radius 3 is 2.72 bits per heavy atom. The van der Waals surface area contributed by atoms with E-state index in [1.807, 2.05) is 19.4 Å². The second-order valence-electron chi connectivity index (χ2n) is 5.11. The summed E-state index contributed by atoms with van der Waals surface area (Å²) in [5.74, 6) is 0.0700. The third kappa shape index (κ3) is 3.29. The Kier molecular flexibility index (Phi) is 4.35. The summed E-state index contributed by atoms with van der Waals surface area (Å²) in [5.41, 5.74) is 0.950. The molecule has 100 valence electrons.